The van der Waals surface area contributed by atoms with Crippen LogP contribution >= 0.6 is 0 Å². The third-order valence-electron chi connectivity index (χ3n) is 3.91. The molecule has 1 aromatic rings. The molecule has 1 aliphatic carbocycles. The van der Waals surface area contributed by atoms with Gasteiger partial charge in [0.15, 0.2) is 0 Å². The summed E-state index contributed by atoms with van der Waals surface area (Å²) in [6.45, 7) is 3.71. The van der Waals surface area contributed by atoms with Gasteiger partial charge in [-0.1, -0.05) is 26.7 Å². The monoisotopic (exact) mass is 288 g/mol. The van der Waals surface area contributed by atoms with E-state index in [9.17, 15) is 9.59 Å². The molecule has 4 nitrogen and oxygen atoms in total. The van der Waals surface area contributed by atoms with Gasteiger partial charge in [0, 0.05) is 23.7 Å². The van der Waals surface area contributed by atoms with Crippen molar-refractivity contribution in [2.75, 3.05) is 10.6 Å². The average molecular weight is 288 g/mol. The lowest BCUT2D eigenvalue weighted by molar-refractivity contribution is -0.119. The van der Waals surface area contributed by atoms with Crippen LogP contribution in [0.1, 0.15) is 46.0 Å². The number of amides is 2. The Labute approximate surface area is 126 Å². The molecule has 2 N–H and O–H groups in total. The first-order valence-electron chi connectivity index (χ1n) is 7.75. The van der Waals surface area contributed by atoms with Crippen molar-refractivity contribution < 1.29 is 9.59 Å². The van der Waals surface area contributed by atoms with Crippen molar-refractivity contribution in [2.24, 2.45) is 11.8 Å². The van der Waals surface area contributed by atoms with Crippen LogP contribution in [0.4, 0.5) is 11.4 Å². The molecule has 0 atom stereocenters. The van der Waals surface area contributed by atoms with E-state index in [0.717, 1.165) is 11.4 Å². The maximum absolute atomic E-state index is 11.9. The van der Waals surface area contributed by atoms with E-state index in [-0.39, 0.29) is 17.7 Å². The van der Waals surface area contributed by atoms with Crippen LogP contribution in [0.2, 0.25) is 0 Å². The van der Waals surface area contributed by atoms with Gasteiger partial charge in [-0.3, -0.25) is 9.59 Å². The predicted molar refractivity (Wildman–Crippen MR) is 85.1 cm³/mol. The van der Waals surface area contributed by atoms with Gasteiger partial charge in [-0.05, 0) is 43.0 Å². The zero-order chi connectivity index (χ0) is 15.2. The summed E-state index contributed by atoms with van der Waals surface area (Å²) < 4.78 is 0. The largest absolute Gasteiger partial charge is 0.326 e. The van der Waals surface area contributed by atoms with Gasteiger partial charge < -0.3 is 10.6 Å². The topological polar surface area (TPSA) is 58.2 Å². The second-order valence-corrected chi connectivity index (χ2v) is 6.12. The third kappa shape index (κ3) is 4.88. The zero-order valence-electron chi connectivity index (χ0n) is 12.8. The van der Waals surface area contributed by atoms with Gasteiger partial charge in [-0.15, -0.1) is 0 Å². The van der Waals surface area contributed by atoms with Crippen LogP contribution < -0.4 is 10.6 Å². The van der Waals surface area contributed by atoms with Crippen LogP contribution in [0.3, 0.4) is 0 Å². The second kappa shape index (κ2) is 7.25. The predicted octanol–water partition coefficient (Wildman–Crippen LogP) is 3.80. The molecule has 1 fully saturated rings. The average Bonchev–Trinajstić information content (AvgIpc) is 2.93. The number of anilines is 2. The fourth-order valence-corrected chi connectivity index (χ4v) is 2.61. The Kier molecular flexibility index (Phi) is 5.37. The van der Waals surface area contributed by atoms with E-state index in [0.29, 0.717) is 12.3 Å². The lowest BCUT2D eigenvalue weighted by atomic mass is 10.0. The van der Waals surface area contributed by atoms with Crippen LogP contribution in [0, 0.1) is 11.8 Å². The molecule has 0 aromatic heterocycles. The van der Waals surface area contributed by atoms with Gasteiger partial charge in [-0.25, -0.2) is 0 Å². The number of hydrogen-bond donors (Lipinski definition) is 2. The van der Waals surface area contributed by atoms with Crippen molar-refractivity contribution in [1.82, 2.24) is 0 Å². The summed E-state index contributed by atoms with van der Waals surface area (Å²) in [5.74, 6) is 0.583. The molecule has 0 radical (unpaired) electrons. The van der Waals surface area contributed by atoms with Crippen molar-refractivity contribution in [3.8, 4) is 0 Å². The Hall–Kier alpha value is -1.84. The molecule has 21 heavy (non-hydrogen) atoms. The van der Waals surface area contributed by atoms with E-state index in [1.807, 2.05) is 38.1 Å². The summed E-state index contributed by atoms with van der Waals surface area (Å²) >= 11 is 0. The Balaban J connectivity index is 1.84. The summed E-state index contributed by atoms with van der Waals surface area (Å²) in [5, 5.41) is 5.75. The molecule has 4 heteroatoms. The second-order valence-electron chi connectivity index (χ2n) is 6.12. The molecule has 1 saturated carbocycles. The highest BCUT2D eigenvalue weighted by Crippen LogP contribution is 2.27. The van der Waals surface area contributed by atoms with Crippen LogP contribution in [0.5, 0.6) is 0 Å². The molecule has 0 unspecified atom stereocenters. The fraction of sp³-hybridized carbons (Fsp3) is 0.529. The minimum Gasteiger partial charge on any atom is -0.326 e. The normalized spacial score (nSPS) is 15.2. The highest BCUT2D eigenvalue weighted by atomic mass is 16.2. The van der Waals surface area contributed by atoms with Crippen molar-refractivity contribution >= 4 is 23.2 Å². The van der Waals surface area contributed by atoms with Gasteiger partial charge in [0.1, 0.15) is 0 Å². The quantitative estimate of drug-likeness (QED) is 0.865. The molecule has 0 bridgehead atoms. The van der Waals surface area contributed by atoms with E-state index < -0.39 is 0 Å². The van der Waals surface area contributed by atoms with Crippen molar-refractivity contribution in [2.45, 2.75) is 46.0 Å². The van der Waals surface area contributed by atoms with E-state index >= 15 is 0 Å². The molecule has 2 rings (SSSR count). The molecule has 0 spiro atoms. The van der Waals surface area contributed by atoms with Crippen molar-refractivity contribution in [1.29, 1.82) is 0 Å². The maximum atomic E-state index is 11.9. The molecule has 1 aliphatic rings. The first-order chi connectivity index (χ1) is 10.0. The Bertz CT molecular complexity index is 488. The molecule has 2 amide bonds. The van der Waals surface area contributed by atoms with Crippen molar-refractivity contribution in [3.63, 3.8) is 0 Å². The van der Waals surface area contributed by atoms with Gasteiger partial charge in [0.05, 0.1) is 0 Å². The lowest BCUT2D eigenvalue weighted by Crippen LogP contribution is -2.18. The summed E-state index contributed by atoms with van der Waals surface area (Å²) in [6, 6.07) is 7.27. The van der Waals surface area contributed by atoms with E-state index in [4.69, 9.17) is 0 Å². The lowest BCUT2D eigenvalue weighted by Gasteiger charge is -2.11. The summed E-state index contributed by atoms with van der Waals surface area (Å²) in [5.41, 5.74) is 1.53. The Morgan fingerprint density at radius 3 is 2.10 bits per heavy atom. The highest BCUT2D eigenvalue weighted by molar-refractivity contribution is 5.93. The van der Waals surface area contributed by atoms with Gasteiger partial charge in [0.2, 0.25) is 11.8 Å². The number of hydrogen-bond acceptors (Lipinski definition) is 2. The highest BCUT2D eigenvalue weighted by Gasteiger charge is 2.18. The summed E-state index contributed by atoms with van der Waals surface area (Å²) in [4.78, 5) is 23.5. The number of carbonyl (C=O) groups is 2. The fourth-order valence-electron chi connectivity index (χ4n) is 2.61. The van der Waals surface area contributed by atoms with Crippen LogP contribution in [0.25, 0.3) is 0 Å². The van der Waals surface area contributed by atoms with E-state index in [1.165, 1.54) is 25.7 Å². The number of nitrogens with one attached hydrogen (secondary N) is 2. The van der Waals surface area contributed by atoms with Gasteiger partial charge in [-0.2, -0.15) is 0 Å². The zero-order valence-corrected chi connectivity index (χ0v) is 12.8. The van der Waals surface area contributed by atoms with E-state index in [1.54, 1.807) is 0 Å². The van der Waals surface area contributed by atoms with Gasteiger partial charge >= 0.3 is 0 Å². The van der Waals surface area contributed by atoms with Crippen molar-refractivity contribution in [3.05, 3.63) is 24.3 Å². The number of carbonyl (C=O) groups excluding carboxylic acids is 2. The van der Waals surface area contributed by atoms with Gasteiger partial charge in [0.25, 0.3) is 0 Å². The van der Waals surface area contributed by atoms with Crippen LogP contribution in [0.15, 0.2) is 24.3 Å². The molecule has 114 valence electrons. The molecule has 0 aliphatic heterocycles. The Morgan fingerprint density at radius 1 is 1.05 bits per heavy atom. The number of rotatable bonds is 5. The first kappa shape index (κ1) is 15.5. The smallest absolute Gasteiger partial charge is 0.226 e. The van der Waals surface area contributed by atoms with Crippen LogP contribution in [-0.2, 0) is 9.59 Å². The summed E-state index contributed by atoms with van der Waals surface area (Å²) in [6.07, 6.45) is 5.47. The number of benzene rings is 1. The SMILES string of the molecule is CC(C)C(=O)Nc1ccc(NC(=O)CC2CCCC2)cc1. The first-order valence-corrected chi connectivity index (χ1v) is 7.75. The molecule has 0 heterocycles. The van der Waals surface area contributed by atoms with Crippen LogP contribution in [-0.4, -0.2) is 11.8 Å². The molecule has 0 saturated heterocycles. The standard InChI is InChI=1S/C17H24N2O2/c1-12(2)17(21)19-15-9-7-14(8-10-15)18-16(20)11-13-5-3-4-6-13/h7-10,12-13H,3-6,11H2,1-2H3,(H,18,20)(H,19,21). The van der Waals surface area contributed by atoms with E-state index in [2.05, 4.69) is 10.6 Å². The maximum Gasteiger partial charge on any atom is 0.226 e. The summed E-state index contributed by atoms with van der Waals surface area (Å²) in [7, 11) is 0. The Morgan fingerprint density at radius 2 is 1.57 bits per heavy atom. The molecular weight excluding hydrogens is 264 g/mol. The third-order valence-corrected chi connectivity index (χ3v) is 3.91. The minimum atomic E-state index is -0.0456. The molecule has 1 aromatic carbocycles. The minimum absolute atomic E-state index is 0.00646. The molecular formula is C17H24N2O2.